The van der Waals surface area contributed by atoms with Crippen molar-refractivity contribution >= 4 is 35.0 Å². The molecule has 2 aromatic carbocycles. The minimum atomic E-state index is -0.610. The minimum absolute atomic E-state index is 0.0708. The molecule has 0 heterocycles. The number of hydrogen-bond acceptors (Lipinski definition) is 4. The Morgan fingerprint density at radius 1 is 1.03 bits per heavy atom. The van der Waals surface area contributed by atoms with Crippen LogP contribution in [0, 0.1) is 11.7 Å². The number of esters is 1. The quantitative estimate of drug-likeness (QED) is 0.490. The molecule has 0 aliphatic heterocycles. The second kappa shape index (κ2) is 10.7. The molecular weight excluding hydrogens is 435 g/mol. The molecule has 0 aromatic heterocycles. The van der Waals surface area contributed by atoms with Gasteiger partial charge in [-0.1, -0.05) is 17.7 Å². The van der Waals surface area contributed by atoms with Gasteiger partial charge in [0.15, 0.2) is 0 Å². The largest absolute Gasteiger partial charge is 0.495 e. The molecule has 8 heteroatoms. The standard InChI is InChI=1S/C24H28ClFN2O4/c1-14(2)32-23(29)16-6-4-15(5-7-16)17-8-10-20(19(26)12-17)27-24(30)28-21-13-18(25)9-11-22(21)31-3/h8-16H,4-7H2,1-3H3,(H2,27,28,30)/t15-,16+. The Morgan fingerprint density at radius 2 is 1.72 bits per heavy atom. The Balaban J connectivity index is 1.59. The second-order valence-electron chi connectivity index (χ2n) is 8.20. The van der Waals surface area contributed by atoms with E-state index in [0.717, 1.165) is 31.2 Å². The van der Waals surface area contributed by atoms with Gasteiger partial charge in [0.2, 0.25) is 0 Å². The number of benzene rings is 2. The molecular formula is C24H28ClFN2O4. The van der Waals surface area contributed by atoms with E-state index in [1.165, 1.54) is 13.2 Å². The van der Waals surface area contributed by atoms with E-state index < -0.39 is 11.8 Å². The summed E-state index contributed by atoms with van der Waals surface area (Å²) in [7, 11) is 1.48. The maximum absolute atomic E-state index is 14.7. The maximum atomic E-state index is 14.7. The number of amides is 2. The summed E-state index contributed by atoms with van der Waals surface area (Å²) in [6, 6.07) is 9.03. The molecule has 0 atom stereocenters. The molecule has 0 saturated heterocycles. The lowest BCUT2D eigenvalue weighted by molar-refractivity contribution is -0.153. The highest BCUT2D eigenvalue weighted by Gasteiger charge is 2.29. The monoisotopic (exact) mass is 462 g/mol. The average molecular weight is 463 g/mol. The number of rotatable bonds is 6. The lowest BCUT2D eigenvalue weighted by atomic mass is 9.78. The number of urea groups is 1. The SMILES string of the molecule is COc1ccc(Cl)cc1NC(=O)Nc1ccc([C@H]2CC[C@@H](C(=O)OC(C)C)CC2)cc1F. The number of methoxy groups -OCH3 is 1. The lowest BCUT2D eigenvalue weighted by Gasteiger charge is -2.28. The van der Waals surface area contributed by atoms with Crippen molar-refractivity contribution in [1.29, 1.82) is 0 Å². The Hall–Kier alpha value is -2.80. The van der Waals surface area contributed by atoms with Crippen molar-refractivity contribution in [3.63, 3.8) is 0 Å². The van der Waals surface area contributed by atoms with E-state index in [0.29, 0.717) is 16.5 Å². The molecule has 6 nitrogen and oxygen atoms in total. The van der Waals surface area contributed by atoms with Crippen molar-refractivity contribution in [2.24, 2.45) is 5.92 Å². The van der Waals surface area contributed by atoms with Gasteiger partial charge in [0.05, 0.1) is 30.5 Å². The summed E-state index contributed by atoms with van der Waals surface area (Å²) in [6.45, 7) is 3.68. The number of anilines is 2. The maximum Gasteiger partial charge on any atom is 0.323 e. The van der Waals surface area contributed by atoms with Crippen LogP contribution in [0.4, 0.5) is 20.6 Å². The van der Waals surface area contributed by atoms with Crippen LogP contribution in [-0.4, -0.2) is 25.2 Å². The van der Waals surface area contributed by atoms with Crippen LogP contribution in [0.15, 0.2) is 36.4 Å². The summed E-state index contributed by atoms with van der Waals surface area (Å²) < 4.78 is 25.2. The summed E-state index contributed by atoms with van der Waals surface area (Å²) in [4.78, 5) is 24.4. The highest BCUT2D eigenvalue weighted by Crippen LogP contribution is 2.37. The molecule has 3 rings (SSSR count). The highest BCUT2D eigenvalue weighted by atomic mass is 35.5. The normalized spacial score (nSPS) is 18.2. The van der Waals surface area contributed by atoms with Crippen LogP contribution in [0.25, 0.3) is 0 Å². The zero-order valence-corrected chi connectivity index (χ0v) is 19.2. The fourth-order valence-electron chi connectivity index (χ4n) is 3.93. The molecule has 0 bridgehead atoms. The van der Waals surface area contributed by atoms with Gasteiger partial charge in [-0.25, -0.2) is 9.18 Å². The van der Waals surface area contributed by atoms with Crippen molar-refractivity contribution in [3.05, 3.63) is 52.8 Å². The fraction of sp³-hybridized carbons (Fsp3) is 0.417. The van der Waals surface area contributed by atoms with Gasteiger partial charge in [-0.2, -0.15) is 0 Å². The van der Waals surface area contributed by atoms with Crippen molar-refractivity contribution in [1.82, 2.24) is 0 Å². The third-order valence-electron chi connectivity index (χ3n) is 5.53. The van der Waals surface area contributed by atoms with Gasteiger partial charge >= 0.3 is 12.0 Å². The Bertz CT molecular complexity index is 974. The van der Waals surface area contributed by atoms with Crippen molar-refractivity contribution in [3.8, 4) is 5.75 Å². The predicted molar refractivity (Wildman–Crippen MR) is 123 cm³/mol. The topological polar surface area (TPSA) is 76.7 Å². The Morgan fingerprint density at radius 3 is 2.34 bits per heavy atom. The summed E-state index contributed by atoms with van der Waals surface area (Å²) in [6.07, 6.45) is 2.91. The zero-order chi connectivity index (χ0) is 23.3. The molecule has 2 aromatic rings. The molecule has 1 aliphatic rings. The van der Waals surface area contributed by atoms with Gasteiger partial charge in [0.25, 0.3) is 0 Å². The highest BCUT2D eigenvalue weighted by molar-refractivity contribution is 6.31. The van der Waals surface area contributed by atoms with Crippen molar-refractivity contribution in [2.45, 2.75) is 51.6 Å². The number of halogens is 2. The van der Waals surface area contributed by atoms with Gasteiger partial charge < -0.3 is 20.1 Å². The van der Waals surface area contributed by atoms with Crippen LogP contribution in [0.3, 0.4) is 0 Å². The molecule has 32 heavy (non-hydrogen) atoms. The zero-order valence-electron chi connectivity index (χ0n) is 18.4. The van der Waals surface area contributed by atoms with E-state index in [1.54, 1.807) is 24.3 Å². The molecule has 2 N–H and O–H groups in total. The molecule has 172 valence electrons. The van der Waals surface area contributed by atoms with Gasteiger partial charge in [-0.05, 0) is 81.3 Å². The van der Waals surface area contributed by atoms with Crippen molar-refractivity contribution in [2.75, 3.05) is 17.7 Å². The summed E-state index contributed by atoms with van der Waals surface area (Å²) >= 11 is 5.97. The van der Waals surface area contributed by atoms with Gasteiger partial charge in [0, 0.05) is 5.02 Å². The fourth-order valence-corrected chi connectivity index (χ4v) is 4.10. The minimum Gasteiger partial charge on any atom is -0.495 e. The van der Waals surface area contributed by atoms with Gasteiger partial charge in [-0.3, -0.25) is 4.79 Å². The smallest absolute Gasteiger partial charge is 0.323 e. The first kappa shape index (κ1) is 23.9. The number of nitrogens with one attached hydrogen (secondary N) is 2. The van der Waals surface area contributed by atoms with E-state index >= 15 is 0 Å². The average Bonchev–Trinajstić information content (AvgIpc) is 2.75. The summed E-state index contributed by atoms with van der Waals surface area (Å²) in [5, 5.41) is 5.56. The van der Waals surface area contributed by atoms with Gasteiger partial charge in [-0.15, -0.1) is 0 Å². The first-order valence-corrected chi connectivity index (χ1v) is 11.1. The van der Waals surface area contributed by atoms with E-state index in [1.807, 2.05) is 19.9 Å². The first-order valence-electron chi connectivity index (χ1n) is 10.7. The first-order chi connectivity index (χ1) is 15.3. The number of carbonyl (C=O) groups excluding carboxylic acids is 2. The van der Waals surface area contributed by atoms with E-state index in [9.17, 15) is 14.0 Å². The Kier molecular flexibility index (Phi) is 7.96. The van der Waals surface area contributed by atoms with E-state index in [4.69, 9.17) is 21.1 Å². The molecule has 1 saturated carbocycles. The second-order valence-corrected chi connectivity index (χ2v) is 8.63. The molecule has 1 aliphatic carbocycles. The number of carbonyl (C=O) groups is 2. The lowest BCUT2D eigenvalue weighted by Crippen LogP contribution is -2.25. The van der Waals surface area contributed by atoms with Crippen molar-refractivity contribution < 1.29 is 23.5 Å². The summed E-state index contributed by atoms with van der Waals surface area (Å²) in [5.74, 6) is -0.144. The van der Waals surface area contributed by atoms with Crippen LogP contribution in [-0.2, 0) is 9.53 Å². The van der Waals surface area contributed by atoms with Crippen LogP contribution >= 0.6 is 11.6 Å². The third-order valence-corrected chi connectivity index (χ3v) is 5.77. The van der Waals surface area contributed by atoms with Crippen LogP contribution in [0.1, 0.15) is 51.0 Å². The Labute approximate surface area is 192 Å². The molecule has 0 spiro atoms. The number of hydrogen-bond donors (Lipinski definition) is 2. The molecule has 1 fully saturated rings. The number of ether oxygens (including phenoxy) is 2. The van der Waals surface area contributed by atoms with Crippen LogP contribution < -0.4 is 15.4 Å². The van der Waals surface area contributed by atoms with Crippen LogP contribution in [0.5, 0.6) is 5.75 Å². The summed E-state index contributed by atoms with van der Waals surface area (Å²) in [5.41, 5.74) is 1.31. The van der Waals surface area contributed by atoms with Crippen LogP contribution in [0.2, 0.25) is 5.02 Å². The van der Waals surface area contributed by atoms with Gasteiger partial charge in [0.1, 0.15) is 11.6 Å². The molecule has 0 radical (unpaired) electrons. The van der Waals surface area contributed by atoms with E-state index in [2.05, 4.69) is 10.6 Å². The molecule has 2 amide bonds. The molecule has 0 unspecified atom stereocenters. The third kappa shape index (κ3) is 6.13. The van der Waals surface area contributed by atoms with E-state index in [-0.39, 0.29) is 29.6 Å². The predicted octanol–water partition coefficient (Wildman–Crippen LogP) is 6.36.